The molecule has 1 aliphatic rings. The van der Waals surface area contributed by atoms with Crippen LogP contribution in [0.4, 0.5) is 0 Å². The van der Waals surface area contributed by atoms with E-state index in [1.807, 2.05) is 26.0 Å². The predicted octanol–water partition coefficient (Wildman–Crippen LogP) is 1.86. The lowest BCUT2D eigenvalue weighted by atomic mass is 9.98. The molecule has 10 nitrogen and oxygen atoms in total. The van der Waals surface area contributed by atoms with Crippen LogP contribution in [-0.4, -0.2) is 53.7 Å². The fourth-order valence-corrected chi connectivity index (χ4v) is 5.71. The summed E-state index contributed by atoms with van der Waals surface area (Å²) in [5.74, 6) is 0.0495. The SMILES string of the molecule is Cc1noc(C)c1-c1cc(CN)c2c(c1)c1ccc(C(=O)N3CNC(=O)C3)cc1n2S(C)(=O)=O. The van der Waals surface area contributed by atoms with Crippen LogP contribution in [-0.2, 0) is 21.4 Å². The monoisotopic (exact) mass is 481 g/mol. The average Bonchev–Trinajstić information content (AvgIpc) is 3.46. The number of aromatic nitrogens is 2. The van der Waals surface area contributed by atoms with Gasteiger partial charge in [-0.25, -0.2) is 12.4 Å². The lowest BCUT2D eigenvalue weighted by molar-refractivity contribution is -0.118. The van der Waals surface area contributed by atoms with Gasteiger partial charge in [0.15, 0.2) is 0 Å². The van der Waals surface area contributed by atoms with E-state index in [1.54, 1.807) is 18.2 Å². The molecule has 176 valence electrons. The zero-order valence-electron chi connectivity index (χ0n) is 18.9. The average molecular weight is 482 g/mol. The molecule has 4 aromatic rings. The first kappa shape index (κ1) is 22.1. The molecule has 0 bridgehead atoms. The molecular weight excluding hydrogens is 458 g/mol. The maximum atomic E-state index is 13.0. The Kier molecular flexibility index (Phi) is 4.99. The maximum absolute atomic E-state index is 13.0. The Morgan fingerprint density at radius 1 is 1.21 bits per heavy atom. The highest BCUT2D eigenvalue weighted by Gasteiger charge is 2.27. The zero-order valence-corrected chi connectivity index (χ0v) is 19.7. The summed E-state index contributed by atoms with van der Waals surface area (Å²) in [5.41, 5.74) is 10.2. The molecule has 0 radical (unpaired) electrons. The standard InChI is InChI=1S/C23H23N5O5S/c1-12-21(13(2)33-26-12)15-6-16(9-24)22-18(7-15)17-5-4-14(8-19(17)28(22)34(3,31)32)23(30)27-10-20(29)25-11-27/h4-8H,9-11,24H2,1-3H3,(H,25,29). The molecule has 1 saturated heterocycles. The summed E-state index contributed by atoms with van der Waals surface area (Å²) in [7, 11) is -3.76. The number of nitrogens with zero attached hydrogens (tertiary/aromatic N) is 3. The Bertz CT molecular complexity index is 1600. The van der Waals surface area contributed by atoms with Crippen molar-refractivity contribution in [3.8, 4) is 11.1 Å². The number of nitrogens with two attached hydrogens (primary N) is 1. The molecule has 0 unspecified atom stereocenters. The second-order valence-corrected chi connectivity index (χ2v) is 10.3. The van der Waals surface area contributed by atoms with E-state index in [2.05, 4.69) is 10.5 Å². The number of hydrogen-bond donors (Lipinski definition) is 2. The van der Waals surface area contributed by atoms with Gasteiger partial charge in [0.25, 0.3) is 5.91 Å². The molecule has 0 saturated carbocycles. The summed E-state index contributed by atoms with van der Waals surface area (Å²) in [4.78, 5) is 25.9. The first-order chi connectivity index (χ1) is 16.1. The van der Waals surface area contributed by atoms with E-state index in [-0.39, 0.29) is 37.1 Å². The molecule has 0 aliphatic carbocycles. The molecule has 5 rings (SSSR count). The number of hydrogen-bond acceptors (Lipinski definition) is 7. The van der Waals surface area contributed by atoms with Gasteiger partial charge in [0, 0.05) is 28.4 Å². The van der Waals surface area contributed by atoms with Gasteiger partial charge in [-0.2, -0.15) is 0 Å². The van der Waals surface area contributed by atoms with Gasteiger partial charge in [-0.05, 0) is 49.2 Å². The lowest BCUT2D eigenvalue weighted by Crippen LogP contribution is -2.29. The van der Waals surface area contributed by atoms with E-state index in [0.717, 1.165) is 17.4 Å². The van der Waals surface area contributed by atoms with Crippen molar-refractivity contribution in [2.75, 3.05) is 19.5 Å². The smallest absolute Gasteiger partial charge is 0.255 e. The second kappa shape index (κ2) is 7.67. The van der Waals surface area contributed by atoms with E-state index in [9.17, 15) is 18.0 Å². The minimum Gasteiger partial charge on any atom is -0.361 e. The van der Waals surface area contributed by atoms with Crippen LogP contribution < -0.4 is 11.1 Å². The molecule has 2 aromatic carbocycles. The number of benzene rings is 2. The van der Waals surface area contributed by atoms with Crippen LogP contribution >= 0.6 is 0 Å². The van der Waals surface area contributed by atoms with Crippen LogP contribution in [0.5, 0.6) is 0 Å². The number of carbonyl (C=O) groups excluding carboxylic acids is 2. The van der Waals surface area contributed by atoms with Crippen molar-refractivity contribution >= 4 is 43.6 Å². The summed E-state index contributed by atoms with van der Waals surface area (Å²) in [6, 6.07) is 8.68. The number of nitrogens with one attached hydrogen (secondary N) is 1. The zero-order chi connectivity index (χ0) is 24.4. The quantitative estimate of drug-likeness (QED) is 0.453. The summed E-state index contributed by atoms with van der Waals surface area (Å²) >= 11 is 0. The van der Waals surface area contributed by atoms with Crippen molar-refractivity contribution in [2.24, 2.45) is 5.73 Å². The Morgan fingerprint density at radius 3 is 2.56 bits per heavy atom. The van der Waals surface area contributed by atoms with Gasteiger partial charge in [-0.15, -0.1) is 0 Å². The van der Waals surface area contributed by atoms with Crippen molar-refractivity contribution in [3.63, 3.8) is 0 Å². The van der Waals surface area contributed by atoms with Crippen LogP contribution in [0.2, 0.25) is 0 Å². The largest absolute Gasteiger partial charge is 0.361 e. The van der Waals surface area contributed by atoms with Crippen molar-refractivity contribution in [1.82, 2.24) is 19.3 Å². The van der Waals surface area contributed by atoms with E-state index in [4.69, 9.17) is 10.3 Å². The molecule has 11 heteroatoms. The third-order valence-electron chi connectivity index (χ3n) is 6.11. The molecule has 1 aliphatic heterocycles. The number of fused-ring (bicyclic) bond motifs is 3. The summed E-state index contributed by atoms with van der Waals surface area (Å²) < 4.78 is 32.4. The summed E-state index contributed by atoms with van der Waals surface area (Å²) in [6.07, 6.45) is 1.12. The Labute approximate surface area is 195 Å². The summed E-state index contributed by atoms with van der Waals surface area (Å²) in [5, 5.41) is 7.98. The normalized spacial score (nSPS) is 14.4. The van der Waals surface area contributed by atoms with E-state index >= 15 is 0 Å². The lowest BCUT2D eigenvalue weighted by Gasteiger charge is -2.13. The van der Waals surface area contributed by atoms with Crippen LogP contribution in [0.25, 0.3) is 32.9 Å². The predicted molar refractivity (Wildman–Crippen MR) is 127 cm³/mol. The Balaban J connectivity index is 1.81. The van der Waals surface area contributed by atoms with Crippen LogP contribution in [0.3, 0.4) is 0 Å². The van der Waals surface area contributed by atoms with Crippen molar-refractivity contribution < 1.29 is 22.5 Å². The molecule has 2 amide bonds. The second-order valence-electron chi connectivity index (χ2n) is 8.46. The molecule has 0 atom stereocenters. The molecule has 1 fully saturated rings. The van der Waals surface area contributed by atoms with Gasteiger partial charge in [-0.3, -0.25) is 9.59 Å². The van der Waals surface area contributed by atoms with Crippen LogP contribution in [0.1, 0.15) is 27.4 Å². The number of rotatable bonds is 4. The van der Waals surface area contributed by atoms with E-state index < -0.39 is 10.0 Å². The minimum atomic E-state index is -3.76. The van der Waals surface area contributed by atoms with Crippen molar-refractivity contribution in [1.29, 1.82) is 0 Å². The molecule has 2 aromatic heterocycles. The molecule has 0 spiro atoms. The van der Waals surface area contributed by atoms with Crippen molar-refractivity contribution in [2.45, 2.75) is 20.4 Å². The van der Waals surface area contributed by atoms with Gasteiger partial charge in [0.05, 0.1) is 29.7 Å². The number of carbonyl (C=O) groups is 2. The van der Waals surface area contributed by atoms with Gasteiger partial charge >= 0.3 is 0 Å². The molecule has 34 heavy (non-hydrogen) atoms. The van der Waals surface area contributed by atoms with Gasteiger partial charge in [0.1, 0.15) is 12.3 Å². The number of aryl methyl sites for hydroxylation is 2. The molecular formula is C23H23N5O5S. The molecule has 3 N–H and O–H groups in total. The number of amides is 2. The third kappa shape index (κ3) is 3.35. The highest BCUT2D eigenvalue weighted by molar-refractivity contribution is 7.89. The van der Waals surface area contributed by atoms with E-state index in [0.29, 0.717) is 38.8 Å². The highest BCUT2D eigenvalue weighted by atomic mass is 32.2. The van der Waals surface area contributed by atoms with Crippen LogP contribution in [0.15, 0.2) is 34.9 Å². The fourth-order valence-electron chi connectivity index (χ4n) is 4.66. The van der Waals surface area contributed by atoms with Gasteiger partial charge in [0.2, 0.25) is 15.9 Å². The fraction of sp³-hybridized carbons (Fsp3) is 0.261. The van der Waals surface area contributed by atoms with E-state index in [1.165, 1.54) is 8.87 Å². The third-order valence-corrected chi connectivity index (χ3v) is 7.15. The molecule has 3 heterocycles. The van der Waals surface area contributed by atoms with Crippen LogP contribution in [0, 0.1) is 13.8 Å². The Hall–Kier alpha value is -3.70. The van der Waals surface area contributed by atoms with Gasteiger partial charge in [-0.1, -0.05) is 11.2 Å². The first-order valence-corrected chi connectivity index (χ1v) is 12.5. The summed E-state index contributed by atoms with van der Waals surface area (Å²) in [6.45, 7) is 3.84. The highest BCUT2D eigenvalue weighted by Crippen LogP contribution is 2.38. The minimum absolute atomic E-state index is 0.0376. The first-order valence-electron chi connectivity index (χ1n) is 10.6. The topological polar surface area (TPSA) is 141 Å². The van der Waals surface area contributed by atoms with Crippen molar-refractivity contribution in [3.05, 3.63) is 52.9 Å². The maximum Gasteiger partial charge on any atom is 0.255 e. The Morgan fingerprint density at radius 2 is 1.97 bits per heavy atom. The van der Waals surface area contributed by atoms with Gasteiger partial charge < -0.3 is 20.5 Å².